The van der Waals surface area contributed by atoms with E-state index in [9.17, 15) is 0 Å². The van der Waals surface area contributed by atoms with Crippen molar-refractivity contribution in [1.82, 2.24) is 0 Å². The third-order valence-electron chi connectivity index (χ3n) is 7.65. The van der Waals surface area contributed by atoms with Gasteiger partial charge in [0.1, 0.15) is 0 Å². The van der Waals surface area contributed by atoms with E-state index in [1.54, 1.807) is 11.1 Å². The van der Waals surface area contributed by atoms with Crippen LogP contribution in [0.5, 0.6) is 0 Å². The summed E-state index contributed by atoms with van der Waals surface area (Å²) >= 11 is 0. The summed E-state index contributed by atoms with van der Waals surface area (Å²) in [6.45, 7) is 2.65. The Morgan fingerprint density at radius 2 is 1.04 bits per heavy atom. The van der Waals surface area contributed by atoms with E-state index < -0.39 is 0 Å². The molecule has 0 saturated heterocycles. The van der Waals surface area contributed by atoms with Gasteiger partial charge < -0.3 is 0 Å². The third kappa shape index (κ3) is 2.91. The lowest BCUT2D eigenvalue weighted by Crippen LogP contribution is -2.32. The van der Waals surface area contributed by atoms with Crippen molar-refractivity contribution in [3.8, 4) is 11.1 Å². The van der Waals surface area contributed by atoms with Crippen LogP contribution in [0, 0.1) is 0 Å². The van der Waals surface area contributed by atoms with Crippen LogP contribution in [0.3, 0.4) is 0 Å². The van der Waals surface area contributed by atoms with Crippen LogP contribution in [0.15, 0.2) is 48.5 Å². The molecular formula is C26H33P. The second kappa shape index (κ2) is 7.36. The van der Waals surface area contributed by atoms with Gasteiger partial charge in [0.15, 0.2) is 0 Å². The first-order chi connectivity index (χ1) is 13.3. The van der Waals surface area contributed by atoms with Crippen LogP contribution in [0.4, 0.5) is 0 Å². The Balaban J connectivity index is 1.67. The molecule has 2 saturated carbocycles. The van der Waals surface area contributed by atoms with Gasteiger partial charge in [-0.25, -0.2) is 0 Å². The van der Waals surface area contributed by atoms with E-state index >= 15 is 0 Å². The first-order valence-corrected chi connectivity index (χ1v) is 12.8. The zero-order chi connectivity index (χ0) is 18.3. The summed E-state index contributed by atoms with van der Waals surface area (Å²) in [7, 11) is -0.0534. The van der Waals surface area contributed by atoms with Crippen LogP contribution in [0.1, 0.15) is 82.3 Å². The second-order valence-corrected chi connectivity index (χ2v) is 12.3. The predicted octanol–water partition coefficient (Wildman–Crippen LogP) is 8.08. The molecular weight excluding hydrogens is 343 g/mol. The van der Waals surface area contributed by atoms with Gasteiger partial charge in [-0.3, -0.25) is 0 Å². The SMILES string of the molecule is CC1(P(C2CCCCC2)C2CCCCC2)c2ccccc2-c2ccccc21. The number of hydrogen-bond donors (Lipinski definition) is 0. The van der Waals surface area contributed by atoms with Crippen molar-refractivity contribution in [2.24, 2.45) is 0 Å². The molecule has 0 aromatic heterocycles. The van der Waals surface area contributed by atoms with Crippen LogP contribution in [-0.4, -0.2) is 11.3 Å². The topological polar surface area (TPSA) is 0 Å². The normalized spacial score (nSPS) is 22.6. The molecule has 142 valence electrons. The van der Waals surface area contributed by atoms with Gasteiger partial charge in [0.2, 0.25) is 0 Å². The summed E-state index contributed by atoms with van der Waals surface area (Å²) in [4.78, 5) is 0. The van der Waals surface area contributed by atoms with Gasteiger partial charge in [-0.05, 0) is 66.2 Å². The summed E-state index contributed by atoms with van der Waals surface area (Å²) in [6.07, 6.45) is 14.8. The predicted molar refractivity (Wildman–Crippen MR) is 119 cm³/mol. The Morgan fingerprint density at radius 3 is 1.48 bits per heavy atom. The van der Waals surface area contributed by atoms with Crippen molar-refractivity contribution in [2.75, 3.05) is 0 Å². The molecule has 0 radical (unpaired) electrons. The molecule has 0 spiro atoms. The van der Waals surface area contributed by atoms with E-state index in [1.807, 2.05) is 0 Å². The molecule has 1 heteroatoms. The summed E-state index contributed by atoms with van der Waals surface area (Å²) in [5.41, 5.74) is 8.29. The van der Waals surface area contributed by atoms with Gasteiger partial charge in [0.05, 0.1) is 0 Å². The fourth-order valence-electron chi connectivity index (χ4n) is 6.46. The van der Waals surface area contributed by atoms with Crippen molar-refractivity contribution >= 4 is 7.92 Å². The van der Waals surface area contributed by atoms with E-state index in [1.165, 1.54) is 75.3 Å². The van der Waals surface area contributed by atoms with E-state index in [-0.39, 0.29) is 13.1 Å². The quantitative estimate of drug-likeness (QED) is 0.475. The first kappa shape index (κ1) is 17.9. The second-order valence-electron chi connectivity index (χ2n) is 9.15. The van der Waals surface area contributed by atoms with Crippen molar-refractivity contribution in [3.63, 3.8) is 0 Å². The Bertz CT molecular complexity index is 732. The zero-order valence-electron chi connectivity index (χ0n) is 16.8. The van der Waals surface area contributed by atoms with Crippen LogP contribution in [-0.2, 0) is 5.16 Å². The van der Waals surface area contributed by atoms with Crippen molar-refractivity contribution in [2.45, 2.75) is 87.6 Å². The fraction of sp³-hybridized carbons (Fsp3) is 0.538. The van der Waals surface area contributed by atoms with Crippen molar-refractivity contribution < 1.29 is 0 Å². The molecule has 5 rings (SSSR count). The molecule has 0 atom stereocenters. The average molecular weight is 377 g/mol. The fourth-order valence-corrected chi connectivity index (χ4v) is 11.3. The maximum Gasteiger partial charge on any atom is 0.0390 e. The molecule has 0 amide bonds. The summed E-state index contributed by atoms with van der Waals surface area (Å²) in [5.74, 6) is 0. The number of hydrogen-bond acceptors (Lipinski definition) is 0. The molecule has 0 nitrogen and oxygen atoms in total. The highest BCUT2D eigenvalue weighted by Gasteiger charge is 2.50. The third-order valence-corrected chi connectivity index (χ3v) is 11.8. The first-order valence-electron chi connectivity index (χ1n) is 11.3. The Morgan fingerprint density at radius 1 is 0.630 bits per heavy atom. The van der Waals surface area contributed by atoms with Crippen LogP contribution in [0.2, 0.25) is 0 Å². The molecule has 0 N–H and O–H groups in total. The molecule has 3 aliphatic carbocycles. The lowest BCUT2D eigenvalue weighted by atomic mass is 9.97. The Hall–Kier alpha value is -1.13. The molecule has 0 aliphatic heterocycles. The monoisotopic (exact) mass is 376 g/mol. The zero-order valence-corrected chi connectivity index (χ0v) is 17.7. The Kier molecular flexibility index (Phi) is 4.89. The van der Waals surface area contributed by atoms with Gasteiger partial charge in [-0.1, -0.05) is 95.0 Å². The van der Waals surface area contributed by atoms with E-state index in [0.717, 1.165) is 11.3 Å². The maximum atomic E-state index is 2.65. The summed E-state index contributed by atoms with van der Waals surface area (Å²) in [6, 6.07) is 18.8. The molecule has 3 aliphatic rings. The largest absolute Gasteiger partial charge is 0.0849 e. The van der Waals surface area contributed by atoms with Gasteiger partial charge in [-0.15, -0.1) is 0 Å². The molecule has 2 aromatic carbocycles. The minimum atomic E-state index is -0.0534. The number of fused-ring (bicyclic) bond motifs is 3. The maximum absolute atomic E-state index is 2.65. The standard InChI is InChI=1S/C26H33P/c1-26(24-18-10-8-16-22(24)23-17-9-11-19-25(23)26)27(20-12-4-2-5-13-20)21-14-6-3-7-15-21/h8-11,16-21H,2-7,12-15H2,1H3. The molecule has 0 bridgehead atoms. The smallest absolute Gasteiger partial charge is 0.0390 e. The molecule has 2 aromatic rings. The molecule has 27 heavy (non-hydrogen) atoms. The summed E-state index contributed by atoms with van der Waals surface area (Å²) < 4.78 is 0. The minimum absolute atomic E-state index is 0.0534. The molecule has 0 heterocycles. The van der Waals surface area contributed by atoms with Gasteiger partial charge >= 0.3 is 0 Å². The highest BCUT2D eigenvalue weighted by atomic mass is 31.1. The van der Waals surface area contributed by atoms with Crippen LogP contribution < -0.4 is 0 Å². The van der Waals surface area contributed by atoms with E-state index in [4.69, 9.17) is 0 Å². The van der Waals surface area contributed by atoms with Crippen molar-refractivity contribution in [3.05, 3.63) is 59.7 Å². The van der Waals surface area contributed by atoms with Crippen LogP contribution >= 0.6 is 7.92 Å². The molecule has 2 fully saturated rings. The number of benzene rings is 2. The van der Waals surface area contributed by atoms with Gasteiger partial charge in [0, 0.05) is 5.16 Å². The Labute approximate surface area is 166 Å². The average Bonchev–Trinajstić information content (AvgIpc) is 3.00. The molecule has 0 unspecified atom stereocenters. The lowest BCUT2D eigenvalue weighted by Gasteiger charge is -2.48. The minimum Gasteiger partial charge on any atom is -0.0849 e. The highest BCUT2D eigenvalue weighted by Crippen LogP contribution is 2.73. The van der Waals surface area contributed by atoms with Gasteiger partial charge in [-0.2, -0.15) is 0 Å². The van der Waals surface area contributed by atoms with E-state index in [2.05, 4.69) is 55.5 Å². The summed E-state index contributed by atoms with van der Waals surface area (Å²) in [5, 5.41) is 0.256. The number of rotatable bonds is 3. The van der Waals surface area contributed by atoms with E-state index in [0.29, 0.717) is 0 Å². The van der Waals surface area contributed by atoms with Crippen LogP contribution in [0.25, 0.3) is 11.1 Å². The highest BCUT2D eigenvalue weighted by molar-refractivity contribution is 7.60. The lowest BCUT2D eigenvalue weighted by molar-refractivity contribution is 0.477. The van der Waals surface area contributed by atoms with Gasteiger partial charge in [0.25, 0.3) is 0 Å². The van der Waals surface area contributed by atoms with Crippen molar-refractivity contribution in [1.29, 1.82) is 0 Å².